The van der Waals surface area contributed by atoms with Crippen molar-refractivity contribution in [2.75, 3.05) is 20.1 Å². The van der Waals surface area contributed by atoms with Gasteiger partial charge in [-0.1, -0.05) is 44.7 Å². The van der Waals surface area contributed by atoms with Crippen LogP contribution >= 0.6 is 0 Å². The van der Waals surface area contributed by atoms with Crippen LogP contribution in [-0.4, -0.2) is 31.1 Å². The fourth-order valence-electron chi connectivity index (χ4n) is 2.86. The Kier molecular flexibility index (Phi) is 5.24. The van der Waals surface area contributed by atoms with Gasteiger partial charge < -0.3 is 10.2 Å². The maximum absolute atomic E-state index is 4.30. The van der Waals surface area contributed by atoms with Gasteiger partial charge in [-0.15, -0.1) is 0 Å². The number of hydrogen-bond acceptors (Lipinski definition) is 2. The van der Waals surface area contributed by atoms with Gasteiger partial charge >= 0.3 is 0 Å². The van der Waals surface area contributed by atoms with Gasteiger partial charge in [0.25, 0.3) is 0 Å². The zero-order chi connectivity index (χ0) is 14.5. The molecule has 0 saturated carbocycles. The quantitative estimate of drug-likeness (QED) is 0.875. The number of piperidine rings is 1. The van der Waals surface area contributed by atoms with Gasteiger partial charge in [0.15, 0.2) is 0 Å². The van der Waals surface area contributed by atoms with E-state index in [-0.39, 0.29) is 0 Å². The molecule has 0 radical (unpaired) electrons. The van der Waals surface area contributed by atoms with Gasteiger partial charge in [0, 0.05) is 18.8 Å². The summed E-state index contributed by atoms with van der Waals surface area (Å²) in [6.07, 6.45) is 3.61. The van der Waals surface area contributed by atoms with Gasteiger partial charge in [-0.25, -0.2) is 0 Å². The summed E-state index contributed by atoms with van der Waals surface area (Å²) < 4.78 is 0. The van der Waals surface area contributed by atoms with Gasteiger partial charge in [-0.2, -0.15) is 0 Å². The molecule has 1 aliphatic heterocycles. The van der Waals surface area contributed by atoms with Gasteiger partial charge in [-0.3, -0.25) is 0 Å². The molecule has 1 aromatic carbocycles. The minimum atomic E-state index is 0.623. The summed E-state index contributed by atoms with van der Waals surface area (Å²) in [6, 6.07) is 9.58. The van der Waals surface area contributed by atoms with E-state index < -0.39 is 0 Å². The van der Waals surface area contributed by atoms with Crippen LogP contribution in [0.15, 0.2) is 30.8 Å². The van der Waals surface area contributed by atoms with Crippen LogP contribution in [-0.2, 0) is 0 Å². The van der Waals surface area contributed by atoms with E-state index in [4.69, 9.17) is 0 Å². The Labute approximate surface area is 123 Å². The monoisotopic (exact) mass is 272 g/mol. The zero-order valence-electron chi connectivity index (χ0n) is 13.2. The summed E-state index contributed by atoms with van der Waals surface area (Å²) >= 11 is 0. The van der Waals surface area contributed by atoms with Gasteiger partial charge in [0.1, 0.15) is 0 Å². The Balaban J connectivity index is 2.04. The molecule has 1 fully saturated rings. The first-order chi connectivity index (χ1) is 9.63. The first kappa shape index (κ1) is 15.1. The molecule has 2 heteroatoms. The fraction of sp³-hybridized carbons (Fsp3) is 0.556. The largest absolute Gasteiger partial charge is 0.372 e. The van der Waals surface area contributed by atoms with E-state index >= 15 is 0 Å². The van der Waals surface area contributed by atoms with Crippen molar-refractivity contribution < 1.29 is 0 Å². The molecule has 0 spiro atoms. The molecular formula is C18H28N2. The van der Waals surface area contributed by atoms with E-state index in [0.717, 1.165) is 18.8 Å². The van der Waals surface area contributed by atoms with Crippen molar-refractivity contribution in [1.82, 2.24) is 10.2 Å². The maximum atomic E-state index is 4.30. The molecule has 1 unspecified atom stereocenters. The lowest BCUT2D eigenvalue weighted by Crippen LogP contribution is -2.40. The third-order valence-electron chi connectivity index (χ3n) is 4.71. The third-order valence-corrected chi connectivity index (χ3v) is 4.71. The summed E-state index contributed by atoms with van der Waals surface area (Å²) in [5.74, 6) is 0.638. The highest BCUT2D eigenvalue weighted by atomic mass is 15.1. The van der Waals surface area contributed by atoms with E-state index in [2.05, 4.69) is 62.0 Å². The molecular weight excluding hydrogens is 244 g/mol. The summed E-state index contributed by atoms with van der Waals surface area (Å²) in [6.45, 7) is 11.1. The number of hydrogen-bond donors (Lipinski definition) is 1. The minimum Gasteiger partial charge on any atom is -0.372 e. The van der Waals surface area contributed by atoms with Crippen LogP contribution in [0.5, 0.6) is 0 Å². The van der Waals surface area contributed by atoms with Crippen molar-refractivity contribution in [3.63, 3.8) is 0 Å². The molecule has 2 nitrogen and oxygen atoms in total. The number of rotatable bonds is 5. The summed E-state index contributed by atoms with van der Waals surface area (Å²) in [5.41, 5.74) is 3.82. The topological polar surface area (TPSA) is 15.3 Å². The van der Waals surface area contributed by atoms with E-state index in [1.165, 1.54) is 30.4 Å². The van der Waals surface area contributed by atoms with Crippen molar-refractivity contribution in [3.8, 4) is 0 Å². The second-order valence-corrected chi connectivity index (χ2v) is 5.97. The predicted octanol–water partition coefficient (Wildman–Crippen LogP) is 3.85. The van der Waals surface area contributed by atoms with Gasteiger partial charge in [0.05, 0.1) is 0 Å². The van der Waals surface area contributed by atoms with Crippen LogP contribution in [0.3, 0.4) is 0 Å². The standard InChI is InChI=1S/C18H28N2/c1-5-14(2)16-6-8-17(9-7-16)15(3)20(4)18-10-12-19-13-11-18/h6-9,14,18-19H,3,5,10-13H2,1-2,4H3. The van der Waals surface area contributed by atoms with Gasteiger partial charge in [0.2, 0.25) is 0 Å². The molecule has 1 heterocycles. The lowest BCUT2D eigenvalue weighted by atomic mass is 9.96. The molecule has 1 N–H and O–H groups in total. The van der Waals surface area contributed by atoms with Crippen LogP contribution in [0.2, 0.25) is 0 Å². The smallest absolute Gasteiger partial charge is 0.0366 e. The maximum Gasteiger partial charge on any atom is 0.0366 e. The molecule has 0 bridgehead atoms. The number of nitrogens with zero attached hydrogens (tertiary/aromatic N) is 1. The Morgan fingerprint density at radius 2 is 1.90 bits per heavy atom. The lowest BCUT2D eigenvalue weighted by Gasteiger charge is -2.34. The third kappa shape index (κ3) is 3.43. The molecule has 1 atom stereocenters. The van der Waals surface area contributed by atoms with Crippen molar-refractivity contribution in [2.24, 2.45) is 0 Å². The number of nitrogens with one attached hydrogen (secondary N) is 1. The average Bonchev–Trinajstić information content (AvgIpc) is 2.53. The Morgan fingerprint density at radius 3 is 2.45 bits per heavy atom. The lowest BCUT2D eigenvalue weighted by molar-refractivity contribution is 0.277. The zero-order valence-corrected chi connectivity index (χ0v) is 13.2. The second kappa shape index (κ2) is 6.94. The minimum absolute atomic E-state index is 0.623. The van der Waals surface area contributed by atoms with Crippen molar-refractivity contribution in [2.45, 2.75) is 45.1 Å². The molecule has 20 heavy (non-hydrogen) atoms. The second-order valence-electron chi connectivity index (χ2n) is 5.97. The molecule has 0 aliphatic carbocycles. The molecule has 2 rings (SSSR count). The Hall–Kier alpha value is -1.28. The van der Waals surface area contributed by atoms with Crippen molar-refractivity contribution in [1.29, 1.82) is 0 Å². The summed E-state index contributed by atoms with van der Waals surface area (Å²) in [5, 5.41) is 3.42. The van der Waals surface area contributed by atoms with Crippen LogP contribution in [0.25, 0.3) is 5.70 Å². The summed E-state index contributed by atoms with van der Waals surface area (Å²) in [7, 11) is 2.18. The van der Waals surface area contributed by atoms with E-state index in [0.29, 0.717) is 12.0 Å². The van der Waals surface area contributed by atoms with Crippen LogP contribution in [0.4, 0.5) is 0 Å². The molecule has 0 aromatic heterocycles. The molecule has 110 valence electrons. The highest BCUT2D eigenvalue weighted by Gasteiger charge is 2.19. The van der Waals surface area contributed by atoms with E-state index in [9.17, 15) is 0 Å². The van der Waals surface area contributed by atoms with Crippen LogP contribution < -0.4 is 5.32 Å². The SMILES string of the molecule is C=C(c1ccc(C(C)CC)cc1)N(C)C1CCNCC1. The Bertz CT molecular complexity index is 429. The van der Waals surface area contributed by atoms with Crippen LogP contribution in [0, 0.1) is 0 Å². The van der Waals surface area contributed by atoms with Crippen molar-refractivity contribution >= 4 is 5.70 Å². The van der Waals surface area contributed by atoms with Crippen molar-refractivity contribution in [3.05, 3.63) is 42.0 Å². The highest BCUT2D eigenvalue weighted by Crippen LogP contribution is 2.25. The summed E-state index contributed by atoms with van der Waals surface area (Å²) in [4.78, 5) is 2.36. The molecule has 1 aromatic rings. The molecule has 1 saturated heterocycles. The first-order valence-corrected chi connectivity index (χ1v) is 7.86. The molecule has 0 amide bonds. The van der Waals surface area contributed by atoms with E-state index in [1.54, 1.807) is 0 Å². The van der Waals surface area contributed by atoms with E-state index in [1.807, 2.05) is 0 Å². The Morgan fingerprint density at radius 1 is 1.30 bits per heavy atom. The number of benzene rings is 1. The normalized spacial score (nSPS) is 17.8. The van der Waals surface area contributed by atoms with Gasteiger partial charge in [-0.05, 0) is 49.4 Å². The average molecular weight is 272 g/mol. The highest BCUT2D eigenvalue weighted by molar-refractivity contribution is 5.62. The molecule has 1 aliphatic rings. The first-order valence-electron chi connectivity index (χ1n) is 7.86. The fourth-order valence-corrected chi connectivity index (χ4v) is 2.86. The predicted molar refractivity (Wildman–Crippen MR) is 87.8 cm³/mol. The van der Waals surface area contributed by atoms with Crippen LogP contribution in [0.1, 0.15) is 50.2 Å².